The van der Waals surface area contributed by atoms with Gasteiger partial charge in [-0.2, -0.15) is 0 Å². The maximum Gasteiger partial charge on any atom is 0.257 e. The Morgan fingerprint density at radius 1 is 1.27 bits per heavy atom. The van der Waals surface area contributed by atoms with Crippen LogP contribution in [0.25, 0.3) is 10.9 Å². The molecule has 0 spiro atoms. The van der Waals surface area contributed by atoms with E-state index in [1.54, 1.807) is 0 Å². The van der Waals surface area contributed by atoms with Crippen molar-refractivity contribution in [2.45, 2.75) is 65.6 Å². The van der Waals surface area contributed by atoms with Gasteiger partial charge >= 0.3 is 0 Å². The first-order chi connectivity index (χ1) is 14.3. The average Bonchev–Trinajstić information content (AvgIpc) is 3.20. The summed E-state index contributed by atoms with van der Waals surface area (Å²) < 4.78 is 1.89. The molecule has 2 atom stereocenters. The normalized spacial score (nSPS) is 14.2. The van der Waals surface area contributed by atoms with E-state index in [0.29, 0.717) is 18.7 Å². The van der Waals surface area contributed by atoms with Gasteiger partial charge < -0.3 is 15.0 Å². The second-order valence-corrected chi connectivity index (χ2v) is 8.60. The fourth-order valence-electron chi connectivity index (χ4n) is 3.91. The number of quaternary nitrogens is 1. The fraction of sp³-hybridized carbons (Fsp3) is 0.545. The Labute approximate surface area is 176 Å². The molecule has 30 heavy (non-hydrogen) atoms. The number of aliphatic hydroxyl groups is 1. The van der Waals surface area contributed by atoms with Crippen molar-refractivity contribution in [1.29, 1.82) is 0 Å². The number of benzene rings is 1. The molecule has 2 heterocycles. The van der Waals surface area contributed by atoms with Gasteiger partial charge in [0.05, 0.1) is 17.7 Å². The van der Waals surface area contributed by atoms with Crippen LogP contribution in [-0.4, -0.2) is 43.4 Å². The molecule has 162 valence electrons. The highest BCUT2D eigenvalue weighted by Gasteiger charge is 2.33. The maximum atomic E-state index is 12.8. The van der Waals surface area contributed by atoms with Crippen LogP contribution in [0.1, 0.15) is 63.5 Å². The molecule has 0 radical (unpaired) electrons. The second-order valence-electron chi connectivity index (χ2n) is 8.60. The zero-order valence-electron chi connectivity index (χ0n) is 18.6. The first-order valence-electron chi connectivity index (χ1n) is 10.7. The minimum atomic E-state index is -0.213. The van der Waals surface area contributed by atoms with Crippen molar-refractivity contribution in [3.63, 3.8) is 0 Å². The van der Waals surface area contributed by atoms with Gasteiger partial charge in [-0.05, 0) is 60.7 Å². The van der Waals surface area contributed by atoms with Crippen LogP contribution in [0.4, 0.5) is 0 Å². The molecular formula is C22H33N6O2+. The number of aromatic nitrogens is 5. The van der Waals surface area contributed by atoms with E-state index in [-0.39, 0.29) is 23.7 Å². The van der Waals surface area contributed by atoms with Crippen LogP contribution in [0, 0.1) is 6.92 Å². The summed E-state index contributed by atoms with van der Waals surface area (Å²) in [5.41, 5.74) is 2.34. The molecular weight excluding hydrogens is 380 g/mol. The number of nitrogens with zero attached hydrogens (tertiary/aromatic N) is 4. The minimum absolute atomic E-state index is 0.0231. The molecule has 3 aromatic rings. The number of fused-ring (bicyclic) bond motifs is 1. The number of aromatic amines is 1. The molecule has 0 aliphatic heterocycles. The van der Waals surface area contributed by atoms with Crippen LogP contribution in [-0.2, 0) is 12.1 Å². The van der Waals surface area contributed by atoms with Crippen molar-refractivity contribution in [3.05, 3.63) is 51.6 Å². The number of hydrogen-bond acceptors (Lipinski definition) is 5. The van der Waals surface area contributed by atoms with Gasteiger partial charge in [-0.3, -0.25) is 4.79 Å². The zero-order valence-corrected chi connectivity index (χ0v) is 18.6. The third-order valence-electron chi connectivity index (χ3n) is 6.07. The summed E-state index contributed by atoms with van der Waals surface area (Å²) in [6.45, 7) is 11.4. The van der Waals surface area contributed by atoms with Gasteiger partial charge in [0.25, 0.3) is 5.56 Å². The van der Waals surface area contributed by atoms with Crippen molar-refractivity contribution >= 4 is 10.9 Å². The molecule has 0 saturated heterocycles. The molecule has 8 heteroatoms. The Balaban J connectivity index is 1.99. The van der Waals surface area contributed by atoms with Gasteiger partial charge in [0, 0.05) is 11.9 Å². The van der Waals surface area contributed by atoms with Gasteiger partial charge in [0.15, 0.2) is 0 Å². The predicted molar refractivity (Wildman–Crippen MR) is 116 cm³/mol. The summed E-state index contributed by atoms with van der Waals surface area (Å²) in [4.78, 5) is 16.9. The topological polar surface area (TPSA) is 101 Å². The van der Waals surface area contributed by atoms with Crippen LogP contribution >= 0.6 is 0 Å². The molecule has 0 aliphatic rings. The van der Waals surface area contributed by atoms with Crippen LogP contribution in [0.5, 0.6) is 0 Å². The molecule has 1 aromatic carbocycles. The molecule has 0 amide bonds. The summed E-state index contributed by atoms with van der Waals surface area (Å²) in [5.74, 6) is 0.792. The molecule has 1 unspecified atom stereocenters. The molecule has 0 fully saturated rings. The van der Waals surface area contributed by atoms with E-state index in [2.05, 4.69) is 48.2 Å². The van der Waals surface area contributed by atoms with E-state index in [9.17, 15) is 9.90 Å². The fourth-order valence-corrected chi connectivity index (χ4v) is 3.91. The van der Waals surface area contributed by atoms with Crippen molar-refractivity contribution in [2.75, 3.05) is 13.2 Å². The van der Waals surface area contributed by atoms with E-state index in [1.807, 2.05) is 35.9 Å². The largest absolute Gasteiger partial charge is 0.391 e. The molecule has 3 N–H and O–H groups in total. The van der Waals surface area contributed by atoms with Gasteiger partial charge in [-0.25, -0.2) is 4.68 Å². The van der Waals surface area contributed by atoms with E-state index in [0.717, 1.165) is 40.0 Å². The highest BCUT2D eigenvalue weighted by atomic mass is 16.3. The monoisotopic (exact) mass is 413 g/mol. The van der Waals surface area contributed by atoms with E-state index >= 15 is 0 Å². The third kappa shape index (κ3) is 4.44. The van der Waals surface area contributed by atoms with Gasteiger partial charge in [-0.15, -0.1) is 5.10 Å². The van der Waals surface area contributed by atoms with E-state index < -0.39 is 0 Å². The number of hydrogen-bond donors (Lipinski definition) is 3. The quantitative estimate of drug-likeness (QED) is 0.493. The standard InChI is InChI=1S/C22H32N6O2/c1-6-19(20-24-25-26-28(20)22(4,5)7-2)27(10-11-29)14-17-13-16-9-8-15(3)12-18(16)23-21(17)30/h8-9,12-13,19,29H,6-7,10-11,14H2,1-5H3,(H,23,30)/p+1/t19-/m0/s1. The minimum Gasteiger partial charge on any atom is -0.391 e. The summed E-state index contributed by atoms with van der Waals surface area (Å²) in [6.07, 6.45) is 1.68. The van der Waals surface area contributed by atoms with Gasteiger partial charge in [0.1, 0.15) is 19.1 Å². The maximum absolute atomic E-state index is 12.8. The van der Waals surface area contributed by atoms with Gasteiger partial charge in [-0.1, -0.05) is 26.0 Å². The summed E-state index contributed by atoms with van der Waals surface area (Å²) >= 11 is 0. The first kappa shape index (κ1) is 22.1. The van der Waals surface area contributed by atoms with Crippen molar-refractivity contribution < 1.29 is 10.0 Å². The molecule has 0 saturated carbocycles. The van der Waals surface area contributed by atoms with Crippen LogP contribution in [0.2, 0.25) is 0 Å². The number of pyridine rings is 1. The molecule has 2 aromatic heterocycles. The number of nitrogens with one attached hydrogen (secondary N) is 2. The highest BCUT2D eigenvalue weighted by Crippen LogP contribution is 2.22. The highest BCUT2D eigenvalue weighted by molar-refractivity contribution is 5.79. The van der Waals surface area contributed by atoms with E-state index in [1.165, 1.54) is 0 Å². The number of H-pyrrole nitrogens is 1. The van der Waals surface area contributed by atoms with Crippen LogP contribution in [0.3, 0.4) is 0 Å². The van der Waals surface area contributed by atoms with Crippen LogP contribution in [0.15, 0.2) is 29.1 Å². The first-order valence-corrected chi connectivity index (χ1v) is 10.7. The molecule has 8 nitrogen and oxygen atoms in total. The number of rotatable bonds is 9. The lowest BCUT2D eigenvalue weighted by Gasteiger charge is -2.30. The smallest absolute Gasteiger partial charge is 0.257 e. The molecule has 3 rings (SSSR count). The summed E-state index contributed by atoms with van der Waals surface area (Å²) in [6, 6.07) is 7.97. The average molecular weight is 414 g/mol. The lowest BCUT2D eigenvalue weighted by Crippen LogP contribution is -3.11. The molecule has 0 bridgehead atoms. The summed E-state index contributed by atoms with van der Waals surface area (Å²) in [7, 11) is 0. The van der Waals surface area contributed by atoms with Crippen molar-refractivity contribution in [1.82, 2.24) is 25.2 Å². The lowest BCUT2D eigenvalue weighted by molar-refractivity contribution is -0.946. The Bertz CT molecular complexity index is 1060. The summed E-state index contributed by atoms with van der Waals surface area (Å²) in [5, 5.41) is 23.3. The predicted octanol–water partition coefficient (Wildman–Crippen LogP) is 1.50. The Morgan fingerprint density at radius 3 is 2.70 bits per heavy atom. The van der Waals surface area contributed by atoms with Gasteiger partial charge in [0.2, 0.25) is 5.82 Å². The Morgan fingerprint density at radius 2 is 2.03 bits per heavy atom. The Hall–Kier alpha value is -2.58. The lowest BCUT2D eigenvalue weighted by atomic mass is 10.0. The molecule has 0 aliphatic carbocycles. The number of aliphatic hydroxyl groups excluding tert-OH is 1. The Kier molecular flexibility index (Phi) is 6.67. The van der Waals surface area contributed by atoms with Crippen LogP contribution < -0.4 is 10.5 Å². The second kappa shape index (κ2) is 9.06. The SMILES string of the molecule is CC[C@@H](c1nnnn1C(C)(C)CC)[NH+](CCO)Cc1cc2ccc(C)cc2[nH]c1=O. The number of aryl methyl sites for hydroxylation is 1. The number of tetrazole rings is 1. The van der Waals surface area contributed by atoms with Crippen molar-refractivity contribution in [3.8, 4) is 0 Å². The third-order valence-corrected chi connectivity index (χ3v) is 6.07. The van der Waals surface area contributed by atoms with E-state index in [4.69, 9.17) is 0 Å². The van der Waals surface area contributed by atoms with Crippen molar-refractivity contribution in [2.24, 2.45) is 0 Å². The zero-order chi connectivity index (χ0) is 21.9.